The maximum Gasteiger partial charge on any atom is 0.433 e. The predicted molar refractivity (Wildman–Crippen MR) is 141 cm³/mol. The van der Waals surface area contributed by atoms with Crippen LogP contribution in [-0.4, -0.2) is 46.4 Å². The number of fused-ring (bicyclic) bond motifs is 1. The van der Waals surface area contributed by atoms with Crippen LogP contribution in [0.25, 0.3) is 16.9 Å². The Labute approximate surface area is 240 Å². The van der Waals surface area contributed by atoms with Gasteiger partial charge in [-0.05, 0) is 62.7 Å². The molecule has 17 heteroatoms. The summed E-state index contributed by atoms with van der Waals surface area (Å²) in [5.41, 5.74) is -4.79. The van der Waals surface area contributed by atoms with Crippen molar-refractivity contribution in [1.82, 2.24) is 19.3 Å². The number of benzene rings is 2. The normalized spacial score (nSPS) is 12.9. The molecule has 2 heterocycles. The van der Waals surface area contributed by atoms with E-state index in [0.717, 1.165) is 37.4 Å². The second-order valence-electron chi connectivity index (χ2n) is 9.99. The first-order valence-corrected chi connectivity index (χ1v) is 13.7. The molecule has 2 aromatic heterocycles. The molecular formula is C26H23F6N5O5S. The molecule has 2 aromatic carbocycles. The Morgan fingerprint density at radius 2 is 1.72 bits per heavy atom. The van der Waals surface area contributed by atoms with Gasteiger partial charge in [0.1, 0.15) is 0 Å². The molecule has 0 fully saturated rings. The second-order valence-corrected chi connectivity index (χ2v) is 11.7. The zero-order valence-corrected chi connectivity index (χ0v) is 23.3. The van der Waals surface area contributed by atoms with Crippen LogP contribution in [0.15, 0.2) is 59.6 Å². The zero-order chi connectivity index (χ0) is 32.0. The number of carbonyl (C=O) groups is 1. The Morgan fingerprint density at radius 1 is 1.02 bits per heavy atom. The molecule has 230 valence electrons. The van der Waals surface area contributed by atoms with Crippen LogP contribution in [0, 0.1) is 6.92 Å². The van der Waals surface area contributed by atoms with Crippen molar-refractivity contribution >= 4 is 27.5 Å². The number of rotatable bonds is 7. The Morgan fingerprint density at radius 3 is 2.33 bits per heavy atom. The highest BCUT2D eigenvalue weighted by atomic mass is 32.2. The molecule has 1 amide bonds. The van der Waals surface area contributed by atoms with Gasteiger partial charge >= 0.3 is 18.4 Å². The Kier molecular flexibility index (Phi) is 8.20. The van der Waals surface area contributed by atoms with Crippen molar-refractivity contribution in [3.8, 4) is 17.0 Å². The molecule has 0 spiro atoms. The van der Waals surface area contributed by atoms with Crippen LogP contribution in [0.5, 0.6) is 5.75 Å². The SMILES string of the molecule is Cc1cc(-c2cc(C(F)(F)F)n3ncc(OC(=O)Nc4cccc(S(=O)(=O)NC(C)(C)CO)c4)c3n2)ccc1C(F)(F)F. The number of hydrogen-bond acceptors (Lipinski definition) is 7. The number of aromatic nitrogens is 3. The lowest BCUT2D eigenvalue weighted by Crippen LogP contribution is -2.46. The molecule has 3 N–H and O–H groups in total. The van der Waals surface area contributed by atoms with Gasteiger partial charge in [0.2, 0.25) is 10.0 Å². The van der Waals surface area contributed by atoms with Gasteiger partial charge in [0.15, 0.2) is 17.1 Å². The minimum absolute atomic E-state index is 0.0592. The highest BCUT2D eigenvalue weighted by molar-refractivity contribution is 7.89. The smallest absolute Gasteiger partial charge is 0.404 e. The van der Waals surface area contributed by atoms with Gasteiger partial charge in [-0.15, -0.1) is 0 Å². The first-order valence-electron chi connectivity index (χ1n) is 12.2. The van der Waals surface area contributed by atoms with E-state index in [-0.39, 0.29) is 27.4 Å². The molecule has 0 bridgehead atoms. The minimum Gasteiger partial charge on any atom is -0.404 e. The number of sulfonamides is 1. The molecule has 0 saturated carbocycles. The maximum atomic E-state index is 13.9. The largest absolute Gasteiger partial charge is 0.433 e. The molecule has 0 aliphatic heterocycles. The summed E-state index contributed by atoms with van der Waals surface area (Å²) in [6.07, 6.45) is -10.1. The number of anilines is 1. The number of amides is 1. The van der Waals surface area contributed by atoms with Crippen molar-refractivity contribution in [2.24, 2.45) is 0 Å². The summed E-state index contributed by atoms with van der Waals surface area (Å²) in [6.45, 7) is 3.54. The number of nitrogens with zero attached hydrogens (tertiary/aromatic N) is 3. The molecule has 0 unspecified atom stereocenters. The molecular weight excluding hydrogens is 608 g/mol. The lowest BCUT2D eigenvalue weighted by atomic mass is 10.0. The fourth-order valence-electron chi connectivity index (χ4n) is 3.94. The van der Waals surface area contributed by atoms with Crippen LogP contribution in [-0.2, 0) is 22.4 Å². The number of carbonyl (C=O) groups excluding carboxylic acids is 1. The third kappa shape index (κ3) is 7.06. The van der Waals surface area contributed by atoms with Crippen LogP contribution in [0.2, 0.25) is 0 Å². The van der Waals surface area contributed by atoms with E-state index >= 15 is 0 Å². The first-order chi connectivity index (χ1) is 19.8. The molecule has 0 atom stereocenters. The number of aliphatic hydroxyl groups is 1. The van der Waals surface area contributed by atoms with Crippen molar-refractivity contribution in [3.05, 3.63) is 71.5 Å². The number of aryl methyl sites for hydroxylation is 1. The summed E-state index contributed by atoms with van der Waals surface area (Å²) in [4.78, 5) is 16.4. The molecule has 0 aliphatic carbocycles. The molecule has 43 heavy (non-hydrogen) atoms. The summed E-state index contributed by atoms with van der Waals surface area (Å²) < 4.78 is 114. The number of nitrogens with one attached hydrogen (secondary N) is 2. The van der Waals surface area contributed by atoms with E-state index in [0.29, 0.717) is 10.6 Å². The van der Waals surface area contributed by atoms with E-state index in [9.17, 15) is 44.7 Å². The lowest BCUT2D eigenvalue weighted by molar-refractivity contribution is -0.142. The van der Waals surface area contributed by atoms with E-state index < -0.39 is 63.3 Å². The van der Waals surface area contributed by atoms with Crippen LogP contribution in [0.3, 0.4) is 0 Å². The van der Waals surface area contributed by atoms with E-state index in [4.69, 9.17) is 4.74 Å². The average Bonchev–Trinajstić information content (AvgIpc) is 3.28. The summed E-state index contributed by atoms with van der Waals surface area (Å²) in [5, 5.41) is 15.2. The van der Waals surface area contributed by atoms with E-state index in [1.54, 1.807) is 0 Å². The second kappa shape index (κ2) is 11.1. The van der Waals surface area contributed by atoms with E-state index in [1.165, 1.54) is 32.0 Å². The van der Waals surface area contributed by atoms with Gasteiger partial charge in [0, 0.05) is 11.3 Å². The fourth-order valence-corrected chi connectivity index (χ4v) is 5.39. The lowest BCUT2D eigenvalue weighted by Gasteiger charge is -2.23. The van der Waals surface area contributed by atoms with Crippen LogP contribution >= 0.6 is 0 Å². The summed E-state index contributed by atoms with van der Waals surface area (Å²) in [5.74, 6) is -0.524. The van der Waals surface area contributed by atoms with Gasteiger partial charge in [-0.2, -0.15) is 31.4 Å². The topological polar surface area (TPSA) is 135 Å². The van der Waals surface area contributed by atoms with Gasteiger partial charge in [-0.25, -0.2) is 27.4 Å². The van der Waals surface area contributed by atoms with Gasteiger partial charge in [0.25, 0.3) is 0 Å². The van der Waals surface area contributed by atoms with Crippen LogP contribution < -0.4 is 14.8 Å². The molecule has 4 aromatic rings. The van der Waals surface area contributed by atoms with Crippen LogP contribution in [0.4, 0.5) is 36.8 Å². The van der Waals surface area contributed by atoms with E-state index in [2.05, 4.69) is 20.1 Å². The zero-order valence-electron chi connectivity index (χ0n) is 22.5. The third-order valence-electron chi connectivity index (χ3n) is 5.96. The highest BCUT2D eigenvalue weighted by Gasteiger charge is 2.37. The number of aliphatic hydroxyl groups excluding tert-OH is 1. The Balaban J connectivity index is 1.66. The van der Waals surface area contributed by atoms with Gasteiger partial charge in [-0.1, -0.05) is 12.1 Å². The van der Waals surface area contributed by atoms with Gasteiger partial charge < -0.3 is 9.84 Å². The first kappa shape index (κ1) is 31.7. The van der Waals surface area contributed by atoms with E-state index in [1.807, 2.05) is 0 Å². The van der Waals surface area contributed by atoms with Gasteiger partial charge in [-0.3, -0.25) is 5.32 Å². The highest BCUT2D eigenvalue weighted by Crippen LogP contribution is 2.37. The molecule has 4 rings (SSSR count). The monoisotopic (exact) mass is 631 g/mol. The summed E-state index contributed by atoms with van der Waals surface area (Å²) >= 11 is 0. The van der Waals surface area contributed by atoms with Crippen molar-refractivity contribution in [2.75, 3.05) is 11.9 Å². The molecule has 0 radical (unpaired) electrons. The Bertz CT molecular complexity index is 1800. The third-order valence-corrected chi connectivity index (χ3v) is 7.65. The quantitative estimate of drug-likeness (QED) is 0.233. The van der Waals surface area contributed by atoms with Crippen molar-refractivity contribution < 1.29 is 49.4 Å². The van der Waals surface area contributed by atoms with Crippen molar-refractivity contribution in [1.29, 1.82) is 0 Å². The number of halogens is 6. The molecule has 0 saturated heterocycles. The minimum atomic E-state index is -4.98. The average molecular weight is 632 g/mol. The van der Waals surface area contributed by atoms with Gasteiger partial charge in [0.05, 0.1) is 34.5 Å². The summed E-state index contributed by atoms with van der Waals surface area (Å²) in [6, 6.07) is 8.25. The van der Waals surface area contributed by atoms with Crippen molar-refractivity contribution in [2.45, 2.75) is 43.6 Å². The standard InChI is InChI=1S/C26H23F6N5O5S/c1-14-9-15(7-8-18(14)25(27,28)29)19-11-21(26(30,31)32)37-22(35-19)20(12-33-37)42-23(39)34-16-5-4-6-17(10-16)43(40,41)36-24(2,3)13-38/h4-12,36,38H,13H2,1-3H3,(H,34,39). The van der Waals surface area contributed by atoms with Crippen LogP contribution in [0.1, 0.15) is 30.7 Å². The fraction of sp³-hybridized carbons (Fsp3) is 0.269. The molecule has 10 nitrogen and oxygen atoms in total. The number of ether oxygens (including phenoxy) is 1. The number of hydrogen-bond donors (Lipinski definition) is 3. The number of alkyl halides is 6. The van der Waals surface area contributed by atoms with Crippen molar-refractivity contribution in [3.63, 3.8) is 0 Å². The Hall–Kier alpha value is -4.22. The predicted octanol–water partition coefficient (Wildman–Crippen LogP) is 5.40. The maximum absolute atomic E-state index is 13.9. The summed E-state index contributed by atoms with van der Waals surface area (Å²) in [7, 11) is -4.13. The molecule has 0 aliphatic rings.